The maximum absolute atomic E-state index is 12.6. The number of nitrogens with one attached hydrogen (secondary N) is 3. The van der Waals surface area contributed by atoms with E-state index in [1.807, 2.05) is 22.6 Å². The van der Waals surface area contributed by atoms with Crippen LogP contribution in [0.1, 0.15) is 31.0 Å². The van der Waals surface area contributed by atoms with Gasteiger partial charge in [-0.15, -0.1) is 0 Å². The fourth-order valence-electron chi connectivity index (χ4n) is 3.44. The van der Waals surface area contributed by atoms with Gasteiger partial charge in [-0.1, -0.05) is 18.2 Å². The largest absolute Gasteiger partial charge is 0.504 e. The molecule has 0 fully saturated rings. The molecule has 1 heterocycles. The van der Waals surface area contributed by atoms with Gasteiger partial charge in [-0.2, -0.15) is 5.10 Å². The molecular formula is C24H25IN4O6S. The molecule has 0 unspecified atom stereocenters. The number of ether oxygens (including phenoxy) is 3. The molecule has 1 amide bonds. The Morgan fingerprint density at radius 2 is 2.03 bits per heavy atom. The number of allylic oxidation sites excluding steroid dienone is 1. The number of thiocarbonyl (C=S) groups is 1. The number of benzene rings is 2. The van der Waals surface area contributed by atoms with E-state index in [2.05, 4.69) is 21.2 Å². The number of esters is 1. The number of halogens is 1. The average molecular weight is 624 g/mol. The van der Waals surface area contributed by atoms with Gasteiger partial charge in [0.1, 0.15) is 5.75 Å². The number of amides is 1. The number of phenols is 1. The molecule has 10 nitrogen and oxygen atoms in total. The molecule has 0 radical (unpaired) electrons. The number of carbonyl (C=O) groups excluding carboxylic acids is 2. The number of hydrogen-bond acceptors (Lipinski definition) is 8. The van der Waals surface area contributed by atoms with E-state index in [4.69, 9.17) is 26.4 Å². The first kappa shape index (κ1) is 27.2. The summed E-state index contributed by atoms with van der Waals surface area (Å²) in [5.74, 6) is -0.248. The molecule has 1 aliphatic rings. The zero-order valence-electron chi connectivity index (χ0n) is 19.8. The van der Waals surface area contributed by atoms with E-state index in [1.165, 1.54) is 13.3 Å². The number of hydrogen-bond donors (Lipinski definition) is 4. The third-order valence-corrected chi connectivity index (χ3v) is 6.07. The maximum Gasteiger partial charge on any atom is 0.338 e. The first-order valence-corrected chi connectivity index (χ1v) is 12.3. The van der Waals surface area contributed by atoms with Crippen LogP contribution in [-0.4, -0.2) is 48.6 Å². The molecule has 1 atom stereocenters. The molecule has 2 aromatic carbocycles. The normalized spacial score (nSPS) is 15.2. The number of rotatable bonds is 9. The Hall–Kier alpha value is -3.39. The highest BCUT2D eigenvalue weighted by atomic mass is 127. The zero-order valence-corrected chi connectivity index (χ0v) is 22.7. The topological polar surface area (TPSA) is 131 Å². The van der Waals surface area contributed by atoms with E-state index in [0.29, 0.717) is 42.6 Å². The minimum atomic E-state index is -0.623. The van der Waals surface area contributed by atoms with Crippen LogP contribution in [0.2, 0.25) is 0 Å². The predicted molar refractivity (Wildman–Crippen MR) is 146 cm³/mol. The van der Waals surface area contributed by atoms with Gasteiger partial charge in [-0.05, 0) is 72.4 Å². The van der Waals surface area contributed by atoms with Crippen LogP contribution in [0.25, 0.3) is 0 Å². The van der Waals surface area contributed by atoms with Gasteiger partial charge in [0.2, 0.25) is 0 Å². The van der Waals surface area contributed by atoms with Crippen molar-refractivity contribution in [2.24, 2.45) is 5.10 Å². The Morgan fingerprint density at radius 3 is 2.75 bits per heavy atom. The summed E-state index contributed by atoms with van der Waals surface area (Å²) in [5, 5.41) is 20.2. The summed E-state index contributed by atoms with van der Waals surface area (Å²) in [6.45, 7) is 3.37. The summed E-state index contributed by atoms with van der Waals surface area (Å²) >= 11 is 7.25. The van der Waals surface area contributed by atoms with Gasteiger partial charge in [0, 0.05) is 11.3 Å². The summed E-state index contributed by atoms with van der Waals surface area (Å²) < 4.78 is 16.7. The molecule has 0 aromatic heterocycles. The lowest BCUT2D eigenvalue weighted by atomic mass is 9.95. The highest BCUT2D eigenvalue weighted by Gasteiger charge is 2.32. The second-order valence-corrected chi connectivity index (χ2v) is 9.03. The fraction of sp³-hybridized carbons (Fsp3) is 0.250. The number of phenolic OH excluding ortho intramolecular Hbond substituents is 1. The second kappa shape index (κ2) is 12.5. The summed E-state index contributed by atoms with van der Waals surface area (Å²) in [7, 11) is 1.45. The van der Waals surface area contributed by atoms with Gasteiger partial charge in [0.05, 0.1) is 35.1 Å². The first-order chi connectivity index (χ1) is 17.2. The van der Waals surface area contributed by atoms with E-state index >= 15 is 0 Å². The van der Waals surface area contributed by atoms with Gasteiger partial charge in [-0.25, -0.2) is 10.2 Å². The van der Waals surface area contributed by atoms with E-state index in [0.717, 1.165) is 0 Å². The van der Waals surface area contributed by atoms with Crippen LogP contribution in [0, 0.1) is 3.57 Å². The Kier molecular flexibility index (Phi) is 9.47. The minimum Gasteiger partial charge on any atom is -0.504 e. The van der Waals surface area contributed by atoms with Crippen LogP contribution in [0.5, 0.6) is 17.2 Å². The van der Waals surface area contributed by atoms with Crippen molar-refractivity contribution in [2.45, 2.75) is 19.9 Å². The Morgan fingerprint density at radius 1 is 1.28 bits per heavy atom. The summed E-state index contributed by atoms with van der Waals surface area (Å²) in [6.07, 6.45) is 1.43. The van der Waals surface area contributed by atoms with Crippen LogP contribution in [0.4, 0.5) is 0 Å². The van der Waals surface area contributed by atoms with E-state index < -0.39 is 17.9 Å². The van der Waals surface area contributed by atoms with Crippen LogP contribution in [0.15, 0.2) is 52.8 Å². The lowest BCUT2D eigenvalue weighted by Gasteiger charge is -2.30. The Labute approximate surface area is 227 Å². The number of nitrogens with zero attached hydrogens (tertiary/aromatic N) is 1. The first-order valence-electron chi connectivity index (χ1n) is 10.8. The van der Waals surface area contributed by atoms with Gasteiger partial charge < -0.3 is 30.0 Å². The maximum atomic E-state index is 12.6. The van der Waals surface area contributed by atoms with Crippen molar-refractivity contribution in [1.29, 1.82) is 0 Å². The fourth-order valence-corrected chi connectivity index (χ4v) is 4.33. The number of hydrazone groups is 1. The average Bonchev–Trinajstić information content (AvgIpc) is 2.84. The van der Waals surface area contributed by atoms with E-state index in [9.17, 15) is 14.7 Å². The molecule has 3 rings (SSSR count). The Balaban J connectivity index is 1.71. The number of carbonyl (C=O) groups is 2. The third kappa shape index (κ3) is 6.63. The summed E-state index contributed by atoms with van der Waals surface area (Å²) in [5.41, 5.74) is 4.59. The standard InChI is InChI=1S/C24H25IN4O6S/c1-4-34-23(32)20-13(2)27-24(36)28-21(20)15-7-5-6-8-17(15)35-12-19(30)29-26-11-14-9-16(25)22(31)18(10-14)33-3/h5-11,21,31H,4,12H2,1-3H3,(H,29,30)(H2,27,28,36)/t21-/m1/s1. The molecule has 2 aromatic rings. The van der Waals surface area contributed by atoms with Crippen molar-refractivity contribution < 1.29 is 28.9 Å². The highest BCUT2D eigenvalue weighted by molar-refractivity contribution is 14.1. The summed E-state index contributed by atoms with van der Waals surface area (Å²) in [4.78, 5) is 25.0. The second-order valence-electron chi connectivity index (χ2n) is 7.46. The summed E-state index contributed by atoms with van der Waals surface area (Å²) in [6, 6.07) is 9.69. The molecule has 4 N–H and O–H groups in total. The molecule has 36 heavy (non-hydrogen) atoms. The number of methoxy groups -OCH3 is 1. The quantitative estimate of drug-likeness (QED) is 0.109. The molecule has 0 saturated carbocycles. The van der Waals surface area contributed by atoms with Crippen molar-refractivity contribution in [3.05, 3.63) is 62.4 Å². The SMILES string of the molecule is CCOC(=O)C1=C(C)NC(=S)N[C@@H]1c1ccccc1OCC(=O)NN=Cc1cc(I)c(O)c(OC)c1. The molecular weight excluding hydrogens is 599 g/mol. The smallest absolute Gasteiger partial charge is 0.338 e. The zero-order chi connectivity index (χ0) is 26.2. The van der Waals surface area contributed by atoms with Crippen molar-refractivity contribution in [3.8, 4) is 17.2 Å². The van der Waals surface area contributed by atoms with Crippen molar-refractivity contribution >= 4 is 58.0 Å². The van der Waals surface area contributed by atoms with Crippen LogP contribution >= 0.6 is 34.8 Å². The molecule has 0 aliphatic carbocycles. The monoisotopic (exact) mass is 624 g/mol. The molecule has 1 aliphatic heterocycles. The minimum absolute atomic E-state index is 0.0338. The molecule has 190 valence electrons. The van der Waals surface area contributed by atoms with Crippen molar-refractivity contribution in [3.63, 3.8) is 0 Å². The van der Waals surface area contributed by atoms with Gasteiger partial charge in [-0.3, -0.25) is 4.79 Å². The van der Waals surface area contributed by atoms with Crippen LogP contribution in [-0.2, 0) is 14.3 Å². The lowest BCUT2D eigenvalue weighted by Crippen LogP contribution is -2.45. The van der Waals surface area contributed by atoms with Crippen molar-refractivity contribution in [2.75, 3.05) is 20.3 Å². The van der Waals surface area contributed by atoms with Crippen LogP contribution in [0.3, 0.4) is 0 Å². The molecule has 12 heteroatoms. The number of aromatic hydroxyl groups is 1. The van der Waals surface area contributed by atoms with Gasteiger partial charge in [0.15, 0.2) is 23.2 Å². The van der Waals surface area contributed by atoms with E-state index in [-0.39, 0.29) is 19.0 Å². The van der Waals surface area contributed by atoms with Crippen molar-refractivity contribution in [1.82, 2.24) is 16.1 Å². The van der Waals surface area contributed by atoms with E-state index in [1.54, 1.807) is 50.2 Å². The molecule has 0 bridgehead atoms. The highest BCUT2D eigenvalue weighted by Crippen LogP contribution is 2.34. The molecule has 0 spiro atoms. The van der Waals surface area contributed by atoms with Gasteiger partial charge >= 0.3 is 5.97 Å². The Bertz CT molecular complexity index is 1230. The third-order valence-electron chi connectivity index (χ3n) is 5.03. The molecule has 0 saturated heterocycles. The van der Waals surface area contributed by atoms with Gasteiger partial charge in [0.25, 0.3) is 5.91 Å². The van der Waals surface area contributed by atoms with Crippen LogP contribution < -0.4 is 25.5 Å². The lowest BCUT2D eigenvalue weighted by molar-refractivity contribution is -0.139. The predicted octanol–water partition coefficient (Wildman–Crippen LogP) is 2.89. The number of para-hydroxylation sites is 1.